The van der Waals surface area contributed by atoms with Crippen LogP contribution in [0.4, 0.5) is 4.39 Å². The van der Waals surface area contributed by atoms with E-state index in [0.717, 1.165) is 47.6 Å². The molecule has 3 aromatic heterocycles. The first-order chi connectivity index (χ1) is 19.5. The molecule has 8 nitrogen and oxygen atoms in total. The second-order valence-corrected chi connectivity index (χ2v) is 12.5. The van der Waals surface area contributed by atoms with Crippen molar-refractivity contribution in [1.29, 1.82) is 0 Å². The molecule has 0 radical (unpaired) electrons. The van der Waals surface area contributed by atoms with Crippen molar-refractivity contribution in [2.24, 2.45) is 0 Å². The molecule has 0 spiro atoms. The standard InChI is InChI=1S/C31H29FN4O4S/c1-17-15-36(18(2)34-17)27-10-9-21(22-13-26(32)25(16-37)28(14-22)41(4,38)39)12-24(27)30-31(40-19(3)35-30)23-6-5-11-33-29(23)20-7-8-20/h5-6,9-15,20,37H,7-8,16H2,1-4H3. The SMILES string of the molecule is Cc1cn(-c2ccc(-c3cc(F)c(CO)c(S(C)(=O)=O)c3)cc2-c2nc(C)oc2-c2cccnc2C2CC2)c(C)n1. The van der Waals surface area contributed by atoms with Crippen molar-refractivity contribution in [3.8, 4) is 39.4 Å². The first-order valence-electron chi connectivity index (χ1n) is 13.3. The van der Waals surface area contributed by atoms with Gasteiger partial charge >= 0.3 is 0 Å². The highest BCUT2D eigenvalue weighted by atomic mass is 32.2. The lowest BCUT2D eigenvalue weighted by atomic mass is 9.96. The Kier molecular flexibility index (Phi) is 6.62. The molecule has 5 aromatic rings. The van der Waals surface area contributed by atoms with Crippen molar-refractivity contribution in [2.45, 2.75) is 51.0 Å². The van der Waals surface area contributed by atoms with E-state index in [4.69, 9.17) is 9.40 Å². The first-order valence-corrected chi connectivity index (χ1v) is 15.2. The third-order valence-electron chi connectivity index (χ3n) is 7.34. The Morgan fingerprint density at radius 2 is 1.83 bits per heavy atom. The summed E-state index contributed by atoms with van der Waals surface area (Å²) in [6.07, 6.45) is 6.85. The van der Waals surface area contributed by atoms with Gasteiger partial charge in [-0.05, 0) is 74.2 Å². The second kappa shape index (κ2) is 10.0. The van der Waals surface area contributed by atoms with Crippen LogP contribution in [0, 0.1) is 26.6 Å². The lowest BCUT2D eigenvalue weighted by Crippen LogP contribution is -2.06. The van der Waals surface area contributed by atoms with Crippen molar-refractivity contribution in [3.63, 3.8) is 0 Å². The summed E-state index contributed by atoms with van der Waals surface area (Å²) in [5, 5.41) is 9.68. The molecule has 0 bridgehead atoms. The Labute approximate surface area is 237 Å². The van der Waals surface area contributed by atoms with E-state index < -0.39 is 22.3 Å². The maximum absolute atomic E-state index is 15.1. The molecule has 41 heavy (non-hydrogen) atoms. The van der Waals surface area contributed by atoms with Gasteiger partial charge in [0, 0.05) is 48.2 Å². The second-order valence-electron chi connectivity index (χ2n) is 10.5. The molecule has 210 valence electrons. The van der Waals surface area contributed by atoms with E-state index in [-0.39, 0.29) is 10.5 Å². The minimum absolute atomic E-state index is 0.246. The topological polar surface area (TPSA) is 111 Å². The number of aromatic nitrogens is 4. The fourth-order valence-electron chi connectivity index (χ4n) is 5.32. The highest BCUT2D eigenvalue weighted by Crippen LogP contribution is 2.46. The molecule has 0 unspecified atom stereocenters. The van der Waals surface area contributed by atoms with E-state index in [9.17, 15) is 13.5 Å². The molecule has 1 aliphatic rings. The number of aliphatic hydroxyl groups is 1. The minimum Gasteiger partial charge on any atom is -0.440 e. The van der Waals surface area contributed by atoms with Gasteiger partial charge in [0.1, 0.15) is 17.3 Å². The van der Waals surface area contributed by atoms with Crippen molar-refractivity contribution in [1.82, 2.24) is 19.5 Å². The Balaban J connectivity index is 1.62. The number of rotatable bonds is 7. The zero-order valence-electron chi connectivity index (χ0n) is 23.1. The molecule has 2 aromatic carbocycles. The number of imidazole rings is 1. The summed E-state index contributed by atoms with van der Waals surface area (Å²) in [6, 6.07) is 12.1. The van der Waals surface area contributed by atoms with Crippen LogP contribution in [0.3, 0.4) is 0 Å². The lowest BCUT2D eigenvalue weighted by molar-refractivity contribution is 0.272. The molecule has 1 N–H and O–H groups in total. The van der Waals surface area contributed by atoms with E-state index in [1.807, 2.05) is 48.9 Å². The summed E-state index contributed by atoms with van der Waals surface area (Å²) in [4.78, 5) is 13.8. The average molecular weight is 573 g/mol. The predicted octanol–water partition coefficient (Wildman–Crippen LogP) is 6.09. The van der Waals surface area contributed by atoms with E-state index in [1.54, 1.807) is 19.2 Å². The molecule has 0 atom stereocenters. The van der Waals surface area contributed by atoms with Gasteiger partial charge in [-0.15, -0.1) is 0 Å². The molecule has 3 heterocycles. The number of hydrogen-bond donors (Lipinski definition) is 1. The number of oxazole rings is 1. The summed E-state index contributed by atoms with van der Waals surface area (Å²) in [7, 11) is -3.81. The van der Waals surface area contributed by atoms with Crippen molar-refractivity contribution in [2.75, 3.05) is 6.26 Å². The largest absolute Gasteiger partial charge is 0.440 e. The third-order valence-corrected chi connectivity index (χ3v) is 8.50. The van der Waals surface area contributed by atoms with Gasteiger partial charge in [-0.2, -0.15) is 0 Å². The number of hydrogen-bond acceptors (Lipinski definition) is 7. The van der Waals surface area contributed by atoms with Crippen LogP contribution < -0.4 is 0 Å². The molecular formula is C31H29FN4O4S. The quantitative estimate of drug-likeness (QED) is 0.251. The fraction of sp³-hybridized carbons (Fsp3) is 0.258. The van der Waals surface area contributed by atoms with Crippen LogP contribution in [0.15, 0.2) is 64.2 Å². The van der Waals surface area contributed by atoms with Crippen LogP contribution >= 0.6 is 0 Å². The maximum atomic E-state index is 15.1. The molecule has 0 saturated heterocycles. The smallest absolute Gasteiger partial charge is 0.192 e. The van der Waals surface area contributed by atoms with Crippen molar-refractivity contribution >= 4 is 9.84 Å². The van der Waals surface area contributed by atoms with Crippen LogP contribution in [0.5, 0.6) is 0 Å². The summed E-state index contributed by atoms with van der Waals surface area (Å²) >= 11 is 0. The highest BCUT2D eigenvalue weighted by molar-refractivity contribution is 7.90. The Bertz CT molecular complexity index is 1920. The molecule has 6 rings (SSSR count). The molecule has 1 aliphatic carbocycles. The average Bonchev–Trinajstić information content (AvgIpc) is 3.63. The number of aryl methyl sites for hydroxylation is 3. The van der Waals surface area contributed by atoms with E-state index in [0.29, 0.717) is 40.0 Å². The predicted molar refractivity (Wildman–Crippen MR) is 153 cm³/mol. The van der Waals surface area contributed by atoms with Gasteiger partial charge in [0.25, 0.3) is 0 Å². The Hall–Kier alpha value is -4.15. The molecule has 0 aliphatic heterocycles. The van der Waals surface area contributed by atoms with Crippen LogP contribution in [-0.2, 0) is 16.4 Å². The summed E-state index contributed by atoms with van der Waals surface area (Å²) in [6.45, 7) is 4.89. The summed E-state index contributed by atoms with van der Waals surface area (Å²) in [5.41, 5.74) is 5.45. The van der Waals surface area contributed by atoms with E-state index in [1.165, 1.54) is 12.1 Å². The maximum Gasteiger partial charge on any atom is 0.192 e. The number of halogens is 1. The van der Waals surface area contributed by atoms with Gasteiger partial charge in [0.2, 0.25) is 0 Å². The Morgan fingerprint density at radius 3 is 2.49 bits per heavy atom. The zero-order valence-corrected chi connectivity index (χ0v) is 24.0. The van der Waals surface area contributed by atoms with Crippen LogP contribution in [0.2, 0.25) is 0 Å². The molecule has 10 heteroatoms. The van der Waals surface area contributed by atoms with Gasteiger partial charge in [-0.3, -0.25) is 4.98 Å². The van der Waals surface area contributed by atoms with Gasteiger partial charge in [0.15, 0.2) is 21.5 Å². The number of nitrogens with zero attached hydrogens (tertiary/aromatic N) is 4. The zero-order chi connectivity index (χ0) is 29.1. The first kappa shape index (κ1) is 27.0. The van der Waals surface area contributed by atoms with Gasteiger partial charge in [-0.25, -0.2) is 22.8 Å². The summed E-state index contributed by atoms with van der Waals surface area (Å²) in [5.74, 6) is 1.42. The van der Waals surface area contributed by atoms with Gasteiger partial charge < -0.3 is 14.1 Å². The lowest BCUT2D eigenvalue weighted by Gasteiger charge is -2.16. The van der Waals surface area contributed by atoms with E-state index >= 15 is 4.39 Å². The molecule has 1 saturated carbocycles. The highest BCUT2D eigenvalue weighted by Gasteiger charge is 2.31. The number of benzene rings is 2. The van der Waals surface area contributed by atoms with Gasteiger partial charge in [-0.1, -0.05) is 6.07 Å². The fourth-order valence-corrected chi connectivity index (χ4v) is 6.27. The number of aliphatic hydroxyl groups excluding tert-OH is 1. The number of sulfone groups is 1. The number of pyridine rings is 1. The molecule has 1 fully saturated rings. The van der Waals surface area contributed by atoms with Crippen molar-refractivity contribution in [3.05, 3.63) is 89.3 Å². The van der Waals surface area contributed by atoms with Crippen LogP contribution in [0.25, 0.3) is 39.4 Å². The Morgan fingerprint density at radius 1 is 1.05 bits per heavy atom. The minimum atomic E-state index is -3.81. The molecule has 0 amide bonds. The van der Waals surface area contributed by atoms with Crippen LogP contribution in [-0.4, -0.2) is 39.3 Å². The summed E-state index contributed by atoms with van der Waals surface area (Å²) < 4.78 is 48.3. The third kappa shape index (κ3) is 4.98. The van der Waals surface area contributed by atoms with Crippen LogP contribution in [0.1, 0.15) is 47.4 Å². The van der Waals surface area contributed by atoms with E-state index in [2.05, 4.69) is 9.97 Å². The monoisotopic (exact) mass is 572 g/mol. The normalized spacial score (nSPS) is 13.6. The van der Waals surface area contributed by atoms with Gasteiger partial charge in [0.05, 0.1) is 28.6 Å². The molecular weight excluding hydrogens is 543 g/mol. The van der Waals surface area contributed by atoms with Crippen molar-refractivity contribution < 1.29 is 22.3 Å².